The first kappa shape index (κ1) is 17.0. The summed E-state index contributed by atoms with van der Waals surface area (Å²) < 4.78 is 13.4. The first-order valence-electron chi connectivity index (χ1n) is 7.86. The van der Waals surface area contributed by atoms with E-state index in [-0.39, 0.29) is 0 Å². The average Bonchev–Trinajstić information content (AvgIpc) is 3.22. The summed E-state index contributed by atoms with van der Waals surface area (Å²) in [5, 5.41) is 14.2. The van der Waals surface area contributed by atoms with Gasteiger partial charge in [0.15, 0.2) is 17.3 Å². The van der Waals surface area contributed by atoms with Gasteiger partial charge in [-0.3, -0.25) is 0 Å². The minimum atomic E-state index is 0.684. The highest BCUT2D eigenvalue weighted by Crippen LogP contribution is 2.31. The fourth-order valence-electron chi connectivity index (χ4n) is 2.70. The molecule has 0 radical (unpaired) electrons. The molecule has 0 N–H and O–H groups in total. The van der Waals surface area contributed by atoms with Crippen molar-refractivity contribution in [2.75, 3.05) is 14.2 Å². The van der Waals surface area contributed by atoms with Gasteiger partial charge in [0.05, 0.1) is 14.2 Å². The van der Waals surface area contributed by atoms with Crippen LogP contribution < -0.4 is 9.47 Å². The fraction of sp³-hybridized carbons (Fsp3) is 0.167. The van der Waals surface area contributed by atoms with E-state index in [1.807, 2.05) is 42.5 Å². The number of nitrogens with zero attached hydrogens (tertiary/aromatic N) is 4. The average molecular weight is 431 g/mol. The maximum absolute atomic E-state index is 5.37. The molecule has 0 saturated carbocycles. The Hall–Kier alpha value is -2.45. The number of benzene rings is 2. The molecule has 0 atom stereocenters. The number of ether oxygens (including phenoxy) is 2. The zero-order valence-electron chi connectivity index (χ0n) is 14.1. The molecule has 4 rings (SSSR count). The molecular formula is C18H15BrN4O2S. The molecule has 2 heterocycles. The Morgan fingerprint density at radius 2 is 1.85 bits per heavy atom. The summed E-state index contributed by atoms with van der Waals surface area (Å²) in [6, 6.07) is 13.8. The van der Waals surface area contributed by atoms with Crippen molar-refractivity contribution in [3.8, 4) is 22.9 Å². The van der Waals surface area contributed by atoms with Gasteiger partial charge in [0.2, 0.25) is 4.96 Å². The minimum absolute atomic E-state index is 0.684. The highest BCUT2D eigenvalue weighted by atomic mass is 79.9. The monoisotopic (exact) mass is 430 g/mol. The summed E-state index contributed by atoms with van der Waals surface area (Å²) in [6.07, 6.45) is 0.684. The van der Waals surface area contributed by atoms with Crippen molar-refractivity contribution in [2.45, 2.75) is 6.42 Å². The maximum Gasteiger partial charge on any atom is 0.234 e. The quantitative estimate of drug-likeness (QED) is 0.474. The largest absolute Gasteiger partial charge is 0.493 e. The van der Waals surface area contributed by atoms with E-state index in [0.29, 0.717) is 17.9 Å². The Bertz CT molecular complexity index is 1080. The summed E-state index contributed by atoms with van der Waals surface area (Å²) >= 11 is 5.09. The van der Waals surface area contributed by atoms with Crippen molar-refractivity contribution in [3.05, 3.63) is 57.5 Å². The Morgan fingerprint density at radius 1 is 1.04 bits per heavy atom. The summed E-state index contributed by atoms with van der Waals surface area (Å²) in [7, 11) is 3.26. The molecule has 0 spiro atoms. The number of rotatable bonds is 5. The third-order valence-electron chi connectivity index (χ3n) is 3.95. The molecule has 6 nitrogen and oxygen atoms in total. The summed E-state index contributed by atoms with van der Waals surface area (Å²) in [4.78, 5) is 0.770. The van der Waals surface area contributed by atoms with E-state index in [1.54, 1.807) is 18.7 Å². The van der Waals surface area contributed by atoms with Crippen LogP contribution in [0, 0.1) is 0 Å². The van der Waals surface area contributed by atoms with Crippen LogP contribution in [0.5, 0.6) is 11.5 Å². The molecular weight excluding hydrogens is 416 g/mol. The van der Waals surface area contributed by atoms with Crippen molar-refractivity contribution in [1.29, 1.82) is 0 Å². The van der Waals surface area contributed by atoms with E-state index in [4.69, 9.17) is 14.6 Å². The van der Waals surface area contributed by atoms with Gasteiger partial charge in [0.1, 0.15) is 5.01 Å². The van der Waals surface area contributed by atoms with Gasteiger partial charge in [-0.15, -0.1) is 10.2 Å². The Balaban J connectivity index is 1.68. The Kier molecular flexibility index (Phi) is 4.60. The molecule has 0 fully saturated rings. The number of fused-ring (bicyclic) bond motifs is 1. The first-order valence-corrected chi connectivity index (χ1v) is 9.47. The predicted molar refractivity (Wildman–Crippen MR) is 104 cm³/mol. The standard InChI is InChI=1S/C18H15BrN4O2S/c1-24-14-8-7-11(9-15(14)25-2)10-16-22-23-17(20-21-18(23)26-16)12-5-3-4-6-13(12)19/h3-9H,10H2,1-2H3. The number of hydrogen-bond acceptors (Lipinski definition) is 6. The van der Waals surface area contributed by atoms with Crippen LogP contribution in [0.2, 0.25) is 0 Å². The SMILES string of the molecule is COc1ccc(Cc2nn3c(-c4ccccc4Br)nnc3s2)cc1OC. The van der Waals surface area contributed by atoms with Crippen LogP contribution in [-0.2, 0) is 6.42 Å². The Labute approximate surface area is 162 Å². The molecule has 8 heteroatoms. The second kappa shape index (κ2) is 7.05. The molecule has 0 amide bonds. The molecule has 2 aromatic carbocycles. The first-order chi connectivity index (χ1) is 12.7. The highest BCUT2D eigenvalue weighted by molar-refractivity contribution is 9.10. The highest BCUT2D eigenvalue weighted by Gasteiger charge is 2.16. The van der Waals surface area contributed by atoms with E-state index in [0.717, 1.165) is 31.4 Å². The molecule has 0 saturated heterocycles. The van der Waals surface area contributed by atoms with Gasteiger partial charge in [-0.1, -0.05) is 45.5 Å². The van der Waals surface area contributed by atoms with Crippen LogP contribution >= 0.6 is 27.3 Å². The van der Waals surface area contributed by atoms with Crippen molar-refractivity contribution < 1.29 is 9.47 Å². The Morgan fingerprint density at radius 3 is 2.62 bits per heavy atom. The topological polar surface area (TPSA) is 61.5 Å². The lowest BCUT2D eigenvalue weighted by atomic mass is 10.1. The number of aromatic nitrogens is 4. The number of halogens is 1. The zero-order chi connectivity index (χ0) is 18.1. The lowest BCUT2D eigenvalue weighted by Crippen LogP contribution is -1.96. The van der Waals surface area contributed by atoms with Gasteiger partial charge in [-0.2, -0.15) is 9.61 Å². The van der Waals surface area contributed by atoms with Gasteiger partial charge in [-0.05, 0) is 29.8 Å². The van der Waals surface area contributed by atoms with E-state index in [9.17, 15) is 0 Å². The molecule has 2 aromatic heterocycles. The maximum atomic E-state index is 5.37. The molecule has 0 bridgehead atoms. The summed E-state index contributed by atoms with van der Waals surface area (Å²) in [6.45, 7) is 0. The lowest BCUT2D eigenvalue weighted by molar-refractivity contribution is 0.354. The second-order valence-corrected chi connectivity index (χ2v) is 7.45. The van der Waals surface area contributed by atoms with Crippen LogP contribution in [-0.4, -0.2) is 34.0 Å². The molecule has 4 aromatic rings. The minimum Gasteiger partial charge on any atom is -0.493 e. The van der Waals surface area contributed by atoms with E-state index in [2.05, 4.69) is 26.1 Å². The van der Waals surface area contributed by atoms with E-state index >= 15 is 0 Å². The molecule has 26 heavy (non-hydrogen) atoms. The van der Waals surface area contributed by atoms with Gasteiger partial charge >= 0.3 is 0 Å². The third kappa shape index (κ3) is 3.06. The number of hydrogen-bond donors (Lipinski definition) is 0. The van der Waals surface area contributed by atoms with Crippen LogP contribution in [0.1, 0.15) is 10.6 Å². The van der Waals surface area contributed by atoms with Crippen LogP contribution in [0.25, 0.3) is 16.3 Å². The lowest BCUT2D eigenvalue weighted by Gasteiger charge is -2.08. The fourth-order valence-corrected chi connectivity index (χ4v) is 4.03. The number of methoxy groups -OCH3 is 2. The normalized spacial score (nSPS) is 11.0. The molecule has 0 aliphatic rings. The molecule has 132 valence electrons. The van der Waals surface area contributed by atoms with E-state index < -0.39 is 0 Å². The second-order valence-electron chi connectivity index (χ2n) is 5.56. The zero-order valence-corrected chi connectivity index (χ0v) is 16.5. The third-order valence-corrected chi connectivity index (χ3v) is 5.54. The van der Waals surface area contributed by atoms with Crippen molar-refractivity contribution in [1.82, 2.24) is 19.8 Å². The van der Waals surface area contributed by atoms with E-state index in [1.165, 1.54) is 11.3 Å². The van der Waals surface area contributed by atoms with Crippen LogP contribution in [0.4, 0.5) is 0 Å². The van der Waals surface area contributed by atoms with Crippen molar-refractivity contribution in [3.63, 3.8) is 0 Å². The molecule has 0 unspecified atom stereocenters. The van der Waals surface area contributed by atoms with Crippen LogP contribution in [0.15, 0.2) is 46.9 Å². The van der Waals surface area contributed by atoms with Crippen LogP contribution in [0.3, 0.4) is 0 Å². The van der Waals surface area contributed by atoms with Gasteiger partial charge < -0.3 is 9.47 Å². The molecule has 0 aliphatic heterocycles. The predicted octanol–water partition coefficient (Wildman–Crippen LogP) is 4.22. The van der Waals surface area contributed by atoms with Gasteiger partial charge in [0.25, 0.3) is 0 Å². The summed E-state index contributed by atoms with van der Waals surface area (Å²) in [5.41, 5.74) is 2.05. The molecule has 0 aliphatic carbocycles. The van der Waals surface area contributed by atoms with Crippen molar-refractivity contribution in [2.24, 2.45) is 0 Å². The van der Waals surface area contributed by atoms with Gasteiger partial charge in [0, 0.05) is 16.5 Å². The summed E-state index contributed by atoms with van der Waals surface area (Å²) in [5.74, 6) is 2.15. The van der Waals surface area contributed by atoms with Gasteiger partial charge in [-0.25, -0.2) is 0 Å². The smallest absolute Gasteiger partial charge is 0.234 e. The van der Waals surface area contributed by atoms with Crippen molar-refractivity contribution >= 4 is 32.2 Å².